The van der Waals surface area contributed by atoms with Gasteiger partial charge in [-0.2, -0.15) is 0 Å². The van der Waals surface area contributed by atoms with E-state index in [1.165, 1.54) is 12.1 Å². The van der Waals surface area contributed by atoms with E-state index in [1.807, 2.05) is 17.7 Å². The Kier molecular flexibility index (Phi) is 6.40. The van der Waals surface area contributed by atoms with Crippen LogP contribution in [-0.2, 0) is 6.54 Å². The summed E-state index contributed by atoms with van der Waals surface area (Å²) in [7, 11) is 0. The van der Waals surface area contributed by atoms with Gasteiger partial charge >= 0.3 is 6.03 Å². The van der Waals surface area contributed by atoms with E-state index in [1.54, 1.807) is 24.7 Å². The first-order valence-electron chi connectivity index (χ1n) is 7.52. The number of imidazole rings is 1. The molecule has 2 aromatic rings. The second-order valence-corrected chi connectivity index (χ2v) is 5.22. The van der Waals surface area contributed by atoms with E-state index in [0.717, 1.165) is 0 Å². The molecule has 124 valence electrons. The molecule has 0 aliphatic heterocycles. The molecule has 2 N–H and O–H groups in total. The van der Waals surface area contributed by atoms with E-state index >= 15 is 0 Å². The summed E-state index contributed by atoms with van der Waals surface area (Å²) < 4.78 is 20.1. The summed E-state index contributed by atoms with van der Waals surface area (Å²) in [5, 5.41) is 5.63. The predicted molar refractivity (Wildman–Crippen MR) is 84.7 cm³/mol. The zero-order chi connectivity index (χ0) is 16.5. The van der Waals surface area contributed by atoms with Crippen LogP contribution in [0.2, 0.25) is 0 Å². The maximum atomic E-state index is 12.7. The summed E-state index contributed by atoms with van der Waals surface area (Å²) in [6, 6.07) is 5.64. The van der Waals surface area contributed by atoms with Crippen LogP contribution in [0.5, 0.6) is 5.75 Å². The molecule has 1 aromatic heterocycles. The van der Waals surface area contributed by atoms with E-state index in [-0.39, 0.29) is 17.9 Å². The quantitative estimate of drug-likeness (QED) is 0.733. The summed E-state index contributed by atoms with van der Waals surface area (Å²) >= 11 is 0. The molecule has 0 unspecified atom stereocenters. The van der Waals surface area contributed by atoms with E-state index < -0.39 is 0 Å². The highest BCUT2D eigenvalue weighted by Gasteiger charge is 2.06. The van der Waals surface area contributed by atoms with E-state index in [4.69, 9.17) is 4.74 Å². The maximum Gasteiger partial charge on any atom is 0.315 e. The number of benzene rings is 1. The van der Waals surface area contributed by atoms with Gasteiger partial charge in [-0.1, -0.05) is 0 Å². The SMILES string of the molecule is C[C@@H](Cn1ccnc1)NC(=O)NCCCOc1ccc(F)cc1. The lowest BCUT2D eigenvalue weighted by Crippen LogP contribution is -2.42. The van der Waals surface area contributed by atoms with Crippen molar-refractivity contribution in [2.75, 3.05) is 13.2 Å². The van der Waals surface area contributed by atoms with Crippen LogP contribution >= 0.6 is 0 Å². The fraction of sp³-hybridized carbons (Fsp3) is 0.375. The molecule has 0 saturated heterocycles. The Morgan fingerprint density at radius 2 is 2.17 bits per heavy atom. The molecule has 6 nitrogen and oxygen atoms in total. The molecule has 0 radical (unpaired) electrons. The smallest absolute Gasteiger partial charge is 0.315 e. The van der Waals surface area contributed by atoms with E-state index in [2.05, 4.69) is 15.6 Å². The molecule has 0 aliphatic rings. The number of hydrogen-bond acceptors (Lipinski definition) is 3. The molecule has 1 heterocycles. The van der Waals surface area contributed by atoms with Crippen molar-refractivity contribution < 1.29 is 13.9 Å². The lowest BCUT2D eigenvalue weighted by Gasteiger charge is -2.15. The highest BCUT2D eigenvalue weighted by Crippen LogP contribution is 2.10. The Hall–Kier alpha value is -2.57. The molecule has 0 aliphatic carbocycles. The molecule has 2 amide bonds. The van der Waals surface area contributed by atoms with Gasteiger partial charge in [0.05, 0.1) is 12.9 Å². The molecule has 0 saturated carbocycles. The number of ether oxygens (including phenoxy) is 1. The second-order valence-electron chi connectivity index (χ2n) is 5.22. The fourth-order valence-corrected chi connectivity index (χ4v) is 2.03. The van der Waals surface area contributed by atoms with Crippen LogP contribution in [0.3, 0.4) is 0 Å². The second kappa shape index (κ2) is 8.77. The largest absolute Gasteiger partial charge is 0.494 e. The number of carbonyl (C=O) groups is 1. The van der Waals surface area contributed by atoms with Gasteiger partial charge in [0, 0.05) is 31.5 Å². The minimum Gasteiger partial charge on any atom is -0.494 e. The zero-order valence-corrected chi connectivity index (χ0v) is 13.0. The fourth-order valence-electron chi connectivity index (χ4n) is 2.03. The third-order valence-corrected chi connectivity index (χ3v) is 3.11. The Morgan fingerprint density at radius 3 is 2.87 bits per heavy atom. The topological polar surface area (TPSA) is 68.2 Å². The summed E-state index contributed by atoms with van der Waals surface area (Å²) in [6.45, 7) is 3.56. The number of nitrogens with one attached hydrogen (secondary N) is 2. The number of rotatable bonds is 8. The average Bonchev–Trinajstić information content (AvgIpc) is 3.01. The van der Waals surface area contributed by atoms with Gasteiger partial charge in [-0.15, -0.1) is 0 Å². The molecular weight excluding hydrogens is 299 g/mol. The van der Waals surface area contributed by atoms with E-state index in [9.17, 15) is 9.18 Å². The highest BCUT2D eigenvalue weighted by molar-refractivity contribution is 5.74. The summed E-state index contributed by atoms with van der Waals surface area (Å²) in [6.07, 6.45) is 5.93. The number of hydrogen-bond donors (Lipinski definition) is 2. The number of urea groups is 1. The number of aromatic nitrogens is 2. The molecule has 7 heteroatoms. The summed E-state index contributed by atoms with van der Waals surface area (Å²) in [4.78, 5) is 15.7. The van der Waals surface area contributed by atoms with Gasteiger partial charge in [0.15, 0.2) is 0 Å². The van der Waals surface area contributed by atoms with Crippen LogP contribution in [0.1, 0.15) is 13.3 Å². The zero-order valence-electron chi connectivity index (χ0n) is 13.0. The van der Waals surface area contributed by atoms with Gasteiger partial charge in [0.1, 0.15) is 11.6 Å². The highest BCUT2D eigenvalue weighted by atomic mass is 19.1. The predicted octanol–water partition coefficient (Wildman–Crippen LogP) is 2.18. The van der Waals surface area contributed by atoms with Crippen molar-refractivity contribution in [2.24, 2.45) is 0 Å². The van der Waals surface area contributed by atoms with E-state index in [0.29, 0.717) is 31.9 Å². The maximum absolute atomic E-state index is 12.7. The van der Waals surface area contributed by atoms with Crippen molar-refractivity contribution in [1.29, 1.82) is 0 Å². The molecule has 0 spiro atoms. The van der Waals surface area contributed by atoms with Gasteiger partial charge in [-0.3, -0.25) is 0 Å². The average molecular weight is 320 g/mol. The van der Waals surface area contributed by atoms with Crippen molar-refractivity contribution >= 4 is 6.03 Å². The lowest BCUT2D eigenvalue weighted by atomic mass is 10.3. The third kappa shape index (κ3) is 6.37. The van der Waals surface area contributed by atoms with Crippen LogP contribution in [0, 0.1) is 5.82 Å². The number of carbonyl (C=O) groups excluding carboxylic acids is 1. The first kappa shape index (κ1) is 16.8. The van der Waals surface area contributed by atoms with Crippen molar-refractivity contribution in [3.63, 3.8) is 0 Å². The molecule has 0 bridgehead atoms. The monoisotopic (exact) mass is 320 g/mol. The van der Waals surface area contributed by atoms with Gasteiger partial charge < -0.3 is 19.9 Å². The Labute approximate surface area is 134 Å². The summed E-state index contributed by atoms with van der Waals surface area (Å²) in [5.74, 6) is 0.324. The number of amides is 2. The van der Waals surface area contributed by atoms with Crippen LogP contribution < -0.4 is 15.4 Å². The molecule has 1 aromatic carbocycles. The molecule has 2 rings (SSSR count). The molecule has 0 fully saturated rings. The Balaban J connectivity index is 1.55. The normalized spacial score (nSPS) is 11.7. The van der Waals surface area contributed by atoms with Gasteiger partial charge in [0.25, 0.3) is 0 Å². The van der Waals surface area contributed by atoms with Gasteiger partial charge in [-0.25, -0.2) is 14.2 Å². The van der Waals surface area contributed by atoms with Crippen molar-refractivity contribution in [3.05, 3.63) is 48.8 Å². The standard InChI is InChI=1S/C16H21FN4O2/c1-13(11-21-9-8-18-12-21)20-16(22)19-7-2-10-23-15-5-3-14(17)4-6-15/h3-6,8-9,12-13H,2,7,10-11H2,1H3,(H2,19,20,22)/t13-/m0/s1. The first-order valence-corrected chi connectivity index (χ1v) is 7.52. The minimum absolute atomic E-state index is 0.000310. The van der Waals surface area contributed by atoms with Gasteiger partial charge in [0.2, 0.25) is 0 Å². The summed E-state index contributed by atoms with van der Waals surface area (Å²) in [5.41, 5.74) is 0. The van der Waals surface area contributed by atoms with Crippen LogP contribution in [0.25, 0.3) is 0 Å². The van der Waals surface area contributed by atoms with Crippen molar-refractivity contribution in [3.8, 4) is 5.75 Å². The van der Waals surface area contributed by atoms with Gasteiger partial charge in [-0.05, 0) is 37.6 Å². The minimum atomic E-state index is -0.291. The van der Waals surface area contributed by atoms with Crippen LogP contribution in [0.4, 0.5) is 9.18 Å². The Morgan fingerprint density at radius 1 is 1.39 bits per heavy atom. The van der Waals surface area contributed by atoms with Crippen LogP contribution in [0.15, 0.2) is 43.0 Å². The molecular formula is C16H21FN4O2. The third-order valence-electron chi connectivity index (χ3n) is 3.11. The van der Waals surface area contributed by atoms with Crippen LogP contribution in [-0.4, -0.2) is 34.8 Å². The number of nitrogens with zero attached hydrogens (tertiary/aromatic N) is 2. The molecule has 23 heavy (non-hydrogen) atoms. The lowest BCUT2D eigenvalue weighted by molar-refractivity contribution is 0.235. The van der Waals surface area contributed by atoms with Crippen molar-refractivity contribution in [2.45, 2.75) is 25.9 Å². The van der Waals surface area contributed by atoms with Crippen molar-refractivity contribution in [1.82, 2.24) is 20.2 Å². The molecule has 1 atom stereocenters. The number of halogens is 1. The Bertz CT molecular complexity index is 587. The first-order chi connectivity index (χ1) is 11.1.